The Morgan fingerprint density at radius 2 is 1.96 bits per heavy atom. The minimum absolute atomic E-state index is 0.00679. The molecule has 2 aromatic rings. The Bertz CT molecular complexity index is 743. The number of carboxylic acid groups (broad SMARTS) is 1. The molecule has 1 aromatic heterocycles. The second kappa shape index (κ2) is 8.80. The summed E-state index contributed by atoms with van der Waals surface area (Å²) in [5.74, 6) is -0.871. The predicted octanol–water partition coefficient (Wildman–Crippen LogP) is 3.46. The molecule has 0 aliphatic carbocycles. The van der Waals surface area contributed by atoms with Gasteiger partial charge in [-0.25, -0.2) is 9.78 Å². The summed E-state index contributed by atoms with van der Waals surface area (Å²) in [7, 11) is 0. The van der Waals surface area contributed by atoms with Crippen molar-refractivity contribution in [3.05, 3.63) is 52.0 Å². The number of thiazole rings is 1. The number of urea groups is 1. The van der Waals surface area contributed by atoms with Crippen LogP contribution in [0.1, 0.15) is 42.1 Å². The maximum atomic E-state index is 12.5. The number of rotatable bonds is 8. The number of aromatic nitrogens is 1. The van der Waals surface area contributed by atoms with E-state index in [0.29, 0.717) is 12.8 Å². The number of benzene rings is 1. The first kappa shape index (κ1) is 19.9. The topological polar surface area (TPSA) is 91.3 Å². The lowest BCUT2D eigenvalue weighted by Gasteiger charge is -2.26. The Balaban J connectivity index is 2.01. The number of amides is 2. The van der Waals surface area contributed by atoms with Crippen LogP contribution in [0.2, 0.25) is 0 Å². The number of nitrogens with one attached hydrogen (secondary N) is 2. The summed E-state index contributed by atoms with van der Waals surface area (Å²) in [6.07, 6.45) is 2.74. The maximum Gasteiger partial charge on any atom is 0.315 e. The van der Waals surface area contributed by atoms with E-state index in [4.69, 9.17) is 5.11 Å². The molecule has 7 heteroatoms. The van der Waals surface area contributed by atoms with Gasteiger partial charge in [-0.15, -0.1) is 11.3 Å². The molecule has 0 saturated carbocycles. The van der Waals surface area contributed by atoms with Crippen LogP contribution in [-0.2, 0) is 16.8 Å². The lowest BCUT2D eigenvalue weighted by atomic mass is 10.0. The minimum Gasteiger partial charge on any atom is -0.481 e. The van der Waals surface area contributed by atoms with Crippen molar-refractivity contribution in [2.24, 2.45) is 0 Å². The van der Waals surface area contributed by atoms with Gasteiger partial charge in [-0.3, -0.25) is 4.79 Å². The van der Waals surface area contributed by atoms with Crippen molar-refractivity contribution in [1.82, 2.24) is 15.6 Å². The van der Waals surface area contributed by atoms with Crippen LogP contribution in [0.15, 0.2) is 36.5 Å². The molecular weight excluding hydrogens is 350 g/mol. The Hall–Kier alpha value is -2.41. The number of carbonyl (C=O) groups is 2. The third kappa shape index (κ3) is 6.15. The molecule has 2 rings (SSSR count). The molecule has 0 aliphatic rings. The highest BCUT2D eigenvalue weighted by atomic mass is 32.1. The largest absolute Gasteiger partial charge is 0.481 e. The second-order valence-electron chi connectivity index (χ2n) is 6.82. The summed E-state index contributed by atoms with van der Waals surface area (Å²) in [4.78, 5) is 28.8. The second-order valence-corrected chi connectivity index (χ2v) is 8.05. The van der Waals surface area contributed by atoms with Gasteiger partial charge in [0.15, 0.2) is 0 Å². The summed E-state index contributed by atoms with van der Waals surface area (Å²) in [5.41, 5.74) is 0.450. The molecule has 140 valence electrons. The van der Waals surface area contributed by atoms with Crippen molar-refractivity contribution in [3.8, 4) is 0 Å². The first-order valence-corrected chi connectivity index (χ1v) is 9.35. The third-order valence-electron chi connectivity index (χ3n) is 3.95. The van der Waals surface area contributed by atoms with Crippen molar-refractivity contribution >= 4 is 23.3 Å². The molecule has 6 nitrogen and oxygen atoms in total. The number of hydrogen-bond donors (Lipinski definition) is 3. The first-order valence-electron chi connectivity index (χ1n) is 8.53. The Morgan fingerprint density at radius 3 is 2.54 bits per heavy atom. The molecule has 1 heterocycles. The molecule has 0 spiro atoms. The molecule has 1 atom stereocenters. The molecule has 26 heavy (non-hydrogen) atoms. The summed E-state index contributed by atoms with van der Waals surface area (Å²) in [6.45, 7) is 5.77. The van der Waals surface area contributed by atoms with E-state index in [0.717, 1.165) is 15.4 Å². The van der Waals surface area contributed by atoms with Crippen molar-refractivity contribution < 1.29 is 14.7 Å². The minimum atomic E-state index is -0.871. The van der Waals surface area contributed by atoms with Crippen LogP contribution in [0, 0.1) is 6.92 Å². The van der Waals surface area contributed by atoms with E-state index >= 15 is 0 Å². The zero-order valence-corrected chi connectivity index (χ0v) is 16.1. The van der Waals surface area contributed by atoms with Crippen LogP contribution < -0.4 is 10.6 Å². The number of nitrogens with zero attached hydrogens (tertiary/aromatic N) is 1. The Labute approximate surface area is 157 Å². The SMILES string of the molecule is Cc1cnc(C(C)(C)NC(=O)NC(CCC(=O)O)Cc2ccccc2)s1. The predicted molar refractivity (Wildman–Crippen MR) is 102 cm³/mol. The van der Waals surface area contributed by atoms with Crippen LogP contribution >= 0.6 is 11.3 Å². The Morgan fingerprint density at radius 1 is 1.27 bits per heavy atom. The van der Waals surface area contributed by atoms with Gasteiger partial charge in [-0.1, -0.05) is 30.3 Å². The van der Waals surface area contributed by atoms with Crippen molar-refractivity contribution in [1.29, 1.82) is 0 Å². The van der Waals surface area contributed by atoms with Gasteiger partial charge in [0.2, 0.25) is 0 Å². The normalized spacial score (nSPS) is 12.4. The number of hydrogen-bond acceptors (Lipinski definition) is 4. The quantitative estimate of drug-likeness (QED) is 0.659. The van der Waals surface area contributed by atoms with Crippen LogP contribution in [0.25, 0.3) is 0 Å². The number of aryl methyl sites for hydroxylation is 1. The molecule has 3 N–H and O–H groups in total. The van der Waals surface area contributed by atoms with Gasteiger partial charge < -0.3 is 15.7 Å². The van der Waals surface area contributed by atoms with E-state index in [1.54, 1.807) is 17.5 Å². The van der Waals surface area contributed by atoms with Gasteiger partial charge in [0.1, 0.15) is 5.01 Å². The molecule has 1 aromatic carbocycles. The molecule has 0 saturated heterocycles. The molecular formula is C19H25N3O3S. The fourth-order valence-corrected chi connectivity index (χ4v) is 3.45. The summed E-state index contributed by atoms with van der Waals surface area (Å²) in [6, 6.07) is 9.13. The standard InChI is InChI=1S/C19H25N3O3S/c1-13-12-20-17(26-13)19(2,3)22-18(25)21-15(9-10-16(23)24)11-14-7-5-4-6-8-14/h4-8,12,15H,9-11H2,1-3H3,(H,23,24)(H2,21,22,25). The van der Waals surface area contributed by atoms with Crippen LogP contribution in [0.4, 0.5) is 4.79 Å². The molecule has 0 aliphatic heterocycles. The average molecular weight is 375 g/mol. The van der Waals surface area contributed by atoms with Gasteiger partial charge in [-0.2, -0.15) is 0 Å². The van der Waals surface area contributed by atoms with Gasteiger partial charge in [-0.05, 0) is 39.2 Å². The Kier molecular flexibility index (Phi) is 6.74. The van der Waals surface area contributed by atoms with E-state index in [-0.39, 0.29) is 18.5 Å². The van der Waals surface area contributed by atoms with Crippen LogP contribution in [-0.4, -0.2) is 28.1 Å². The molecule has 1 unspecified atom stereocenters. The lowest BCUT2D eigenvalue weighted by molar-refractivity contribution is -0.137. The number of carboxylic acids is 1. The average Bonchev–Trinajstić information content (AvgIpc) is 3.00. The lowest BCUT2D eigenvalue weighted by Crippen LogP contribution is -2.50. The van der Waals surface area contributed by atoms with Crippen LogP contribution in [0.3, 0.4) is 0 Å². The summed E-state index contributed by atoms with van der Waals surface area (Å²) >= 11 is 1.54. The van der Waals surface area contributed by atoms with E-state index in [2.05, 4.69) is 15.6 Å². The fourth-order valence-electron chi connectivity index (χ4n) is 2.62. The highest BCUT2D eigenvalue weighted by Gasteiger charge is 2.27. The highest BCUT2D eigenvalue weighted by molar-refractivity contribution is 7.11. The molecule has 2 amide bonds. The summed E-state index contributed by atoms with van der Waals surface area (Å²) < 4.78 is 0. The van der Waals surface area contributed by atoms with Crippen molar-refractivity contribution in [2.45, 2.75) is 51.6 Å². The van der Waals surface area contributed by atoms with Crippen molar-refractivity contribution in [3.63, 3.8) is 0 Å². The van der Waals surface area contributed by atoms with Crippen molar-refractivity contribution in [2.75, 3.05) is 0 Å². The van der Waals surface area contributed by atoms with Gasteiger partial charge in [0.25, 0.3) is 0 Å². The highest BCUT2D eigenvalue weighted by Crippen LogP contribution is 2.24. The number of aliphatic carboxylic acids is 1. The van der Waals surface area contributed by atoms with E-state index in [1.807, 2.05) is 51.1 Å². The van der Waals surface area contributed by atoms with Gasteiger partial charge in [0, 0.05) is 23.5 Å². The summed E-state index contributed by atoms with van der Waals surface area (Å²) in [5, 5.41) is 15.7. The zero-order valence-electron chi connectivity index (χ0n) is 15.3. The first-order chi connectivity index (χ1) is 12.3. The van der Waals surface area contributed by atoms with E-state index < -0.39 is 11.5 Å². The molecule has 0 radical (unpaired) electrons. The zero-order chi connectivity index (χ0) is 19.2. The van der Waals surface area contributed by atoms with E-state index in [1.165, 1.54) is 0 Å². The third-order valence-corrected chi connectivity index (χ3v) is 5.19. The van der Waals surface area contributed by atoms with E-state index in [9.17, 15) is 9.59 Å². The van der Waals surface area contributed by atoms with Crippen LogP contribution in [0.5, 0.6) is 0 Å². The number of carbonyl (C=O) groups excluding carboxylic acids is 1. The van der Waals surface area contributed by atoms with Gasteiger partial charge in [0.05, 0.1) is 5.54 Å². The fraction of sp³-hybridized carbons (Fsp3) is 0.421. The molecule has 0 bridgehead atoms. The van der Waals surface area contributed by atoms with Gasteiger partial charge >= 0.3 is 12.0 Å². The maximum absolute atomic E-state index is 12.5. The smallest absolute Gasteiger partial charge is 0.315 e. The molecule has 0 fully saturated rings. The monoisotopic (exact) mass is 375 g/mol.